The maximum atomic E-state index is 6.23. The molecule has 2 heterocycles. The van der Waals surface area contributed by atoms with Crippen LogP contribution < -0.4 is 0 Å². The van der Waals surface area contributed by atoms with E-state index in [-0.39, 0.29) is 5.38 Å². The molecule has 0 fully saturated rings. The summed E-state index contributed by atoms with van der Waals surface area (Å²) in [5, 5.41) is 4.37. The van der Waals surface area contributed by atoms with Crippen molar-refractivity contribution in [2.24, 2.45) is 0 Å². The fourth-order valence-corrected chi connectivity index (χ4v) is 2.56. The van der Waals surface area contributed by atoms with E-state index in [2.05, 4.69) is 10.1 Å². The van der Waals surface area contributed by atoms with Crippen LogP contribution in [0.15, 0.2) is 28.8 Å². The molecular formula is C14H13Cl2N3O. The van der Waals surface area contributed by atoms with Gasteiger partial charge in [0.15, 0.2) is 5.76 Å². The molecule has 104 valence electrons. The first-order valence-corrected chi connectivity index (χ1v) is 7.08. The Kier molecular flexibility index (Phi) is 3.44. The zero-order valence-corrected chi connectivity index (χ0v) is 12.6. The number of aryl methyl sites for hydroxylation is 1. The number of nitrogens with zero attached hydrogens (tertiary/aromatic N) is 3. The largest absolute Gasteiger partial charge is 0.359 e. The van der Waals surface area contributed by atoms with Crippen LogP contribution in [0.3, 0.4) is 0 Å². The third kappa shape index (κ3) is 2.41. The molecule has 1 aromatic carbocycles. The van der Waals surface area contributed by atoms with Gasteiger partial charge in [-0.1, -0.05) is 16.8 Å². The fourth-order valence-electron chi connectivity index (χ4n) is 2.23. The first-order valence-electron chi connectivity index (χ1n) is 6.26. The molecule has 0 saturated carbocycles. The van der Waals surface area contributed by atoms with Gasteiger partial charge in [-0.2, -0.15) is 0 Å². The molecule has 20 heavy (non-hydrogen) atoms. The van der Waals surface area contributed by atoms with Gasteiger partial charge in [-0.05, 0) is 32.0 Å². The molecule has 0 saturated heterocycles. The second-order valence-corrected chi connectivity index (χ2v) is 5.83. The van der Waals surface area contributed by atoms with Crippen LogP contribution in [-0.2, 0) is 6.54 Å². The number of fused-ring (bicyclic) bond motifs is 1. The van der Waals surface area contributed by atoms with Crippen molar-refractivity contribution < 1.29 is 4.52 Å². The van der Waals surface area contributed by atoms with Gasteiger partial charge in [0.05, 0.1) is 28.6 Å². The molecule has 0 bridgehead atoms. The molecule has 0 spiro atoms. The molecule has 6 heteroatoms. The average molecular weight is 310 g/mol. The smallest absolute Gasteiger partial charge is 0.156 e. The SMILES string of the molecule is Cc1cc(Cn2c(C(C)Cl)nc3ccc(Cl)cc32)on1. The minimum atomic E-state index is -0.204. The second kappa shape index (κ2) is 5.11. The van der Waals surface area contributed by atoms with Gasteiger partial charge in [0.25, 0.3) is 0 Å². The number of rotatable bonds is 3. The predicted octanol–water partition coefficient (Wildman–Crippen LogP) is 4.33. The Hall–Kier alpha value is -1.52. The molecule has 1 unspecified atom stereocenters. The molecule has 3 rings (SSSR count). The summed E-state index contributed by atoms with van der Waals surface area (Å²) in [6.07, 6.45) is 0. The zero-order valence-electron chi connectivity index (χ0n) is 11.1. The van der Waals surface area contributed by atoms with E-state index < -0.39 is 0 Å². The molecule has 4 nitrogen and oxygen atoms in total. The van der Waals surface area contributed by atoms with E-state index in [4.69, 9.17) is 27.7 Å². The fraction of sp³-hybridized carbons (Fsp3) is 0.286. The number of imidazole rings is 1. The number of hydrogen-bond donors (Lipinski definition) is 0. The zero-order chi connectivity index (χ0) is 14.3. The van der Waals surface area contributed by atoms with E-state index in [1.807, 2.05) is 42.7 Å². The van der Waals surface area contributed by atoms with Crippen molar-refractivity contribution in [3.8, 4) is 0 Å². The van der Waals surface area contributed by atoms with Crippen LogP contribution in [0.25, 0.3) is 11.0 Å². The monoisotopic (exact) mass is 309 g/mol. The second-order valence-electron chi connectivity index (χ2n) is 4.74. The number of benzene rings is 1. The predicted molar refractivity (Wildman–Crippen MR) is 79.4 cm³/mol. The van der Waals surface area contributed by atoms with Crippen LogP contribution in [-0.4, -0.2) is 14.7 Å². The lowest BCUT2D eigenvalue weighted by molar-refractivity contribution is 0.372. The third-order valence-electron chi connectivity index (χ3n) is 3.09. The highest BCUT2D eigenvalue weighted by molar-refractivity contribution is 6.31. The Bertz CT molecular complexity index is 761. The summed E-state index contributed by atoms with van der Waals surface area (Å²) in [6.45, 7) is 4.32. The highest BCUT2D eigenvalue weighted by Gasteiger charge is 2.16. The van der Waals surface area contributed by atoms with Crippen molar-refractivity contribution in [1.82, 2.24) is 14.7 Å². The minimum Gasteiger partial charge on any atom is -0.359 e. The maximum absolute atomic E-state index is 6.23. The van der Waals surface area contributed by atoms with Crippen LogP contribution in [0.4, 0.5) is 0 Å². The highest BCUT2D eigenvalue weighted by atomic mass is 35.5. The van der Waals surface area contributed by atoms with Gasteiger partial charge >= 0.3 is 0 Å². The van der Waals surface area contributed by atoms with Crippen molar-refractivity contribution in [3.05, 3.63) is 46.6 Å². The van der Waals surface area contributed by atoms with E-state index in [0.717, 1.165) is 28.3 Å². The van der Waals surface area contributed by atoms with Gasteiger partial charge in [0.1, 0.15) is 5.82 Å². The van der Waals surface area contributed by atoms with Gasteiger partial charge in [0.2, 0.25) is 0 Å². The van der Waals surface area contributed by atoms with Gasteiger partial charge in [-0.25, -0.2) is 4.98 Å². The molecule has 0 amide bonds. The van der Waals surface area contributed by atoms with E-state index >= 15 is 0 Å². The lowest BCUT2D eigenvalue weighted by atomic mass is 10.3. The van der Waals surface area contributed by atoms with Crippen molar-refractivity contribution >= 4 is 34.2 Å². The molecule has 0 radical (unpaired) electrons. The average Bonchev–Trinajstić information content (AvgIpc) is 2.95. The van der Waals surface area contributed by atoms with Gasteiger partial charge < -0.3 is 9.09 Å². The summed E-state index contributed by atoms with van der Waals surface area (Å²) in [7, 11) is 0. The molecule has 3 aromatic rings. The number of halogens is 2. The lowest BCUT2D eigenvalue weighted by Crippen LogP contribution is -2.05. The van der Waals surface area contributed by atoms with Crippen molar-refractivity contribution in [2.75, 3.05) is 0 Å². The first-order chi connectivity index (χ1) is 9.54. The molecule has 0 aliphatic heterocycles. The van der Waals surface area contributed by atoms with Crippen LogP contribution >= 0.6 is 23.2 Å². The molecule has 2 aromatic heterocycles. The first kappa shape index (κ1) is 13.5. The Morgan fingerprint density at radius 1 is 1.35 bits per heavy atom. The van der Waals surface area contributed by atoms with Crippen molar-refractivity contribution in [1.29, 1.82) is 0 Å². The Morgan fingerprint density at radius 3 is 2.80 bits per heavy atom. The van der Waals surface area contributed by atoms with Crippen molar-refractivity contribution in [2.45, 2.75) is 25.8 Å². The van der Waals surface area contributed by atoms with Crippen LogP contribution in [0.2, 0.25) is 5.02 Å². The van der Waals surface area contributed by atoms with Crippen molar-refractivity contribution in [3.63, 3.8) is 0 Å². The van der Waals surface area contributed by atoms with Crippen LogP contribution in [0.5, 0.6) is 0 Å². The van der Waals surface area contributed by atoms with Crippen LogP contribution in [0, 0.1) is 6.92 Å². The Labute approximate surface area is 126 Å². The Balaban J connectivity index is 2.15. The maximum Gasteiger partial charge on any atom is 0.156 e. The number of alkyl halides is 1. The summed E-state index contributed by atoms with van der Waals surface area (Å²) in [4.78, 5) is 4.57. The van der Waals surface area contributed by atoms with Gasteiger partial charge in [-0.15, -0.1) is 11.6 Å². The lowest BCUT2D eigenvalue weighted by Gasteiger charge is -2.08. The van der Waals surface area contributed by atoms with E-state index in [1.54, 1.807) is 0 Å². The standard InChI is InChI=1S/C14H13Cl2N3O/c1-8-5-11(20-18-8)7-19-13-6-10(16)3-4-12(13)17-14(19)9(2)15/h3-6,9H,7H2,1-2H3. The topological polar surface area (TPSA) is 43.9 Å². The van der Waals surface area contributed by atoms with E-state index in [1.165, 1.54) is 0 Å². The minimum absolute atomic E-state index is 0.204. The quantitative estimate of drug-likeness (QED) is 0.676. The number of hydrogen-bond acceptors (Lipinski definition) is 3. The molecule has 0 aliphatic rings. The summed E-state index contributed by atoms with van der Waals surface area (Å²) in [6, 6.07) is 7.50. The summed E-state index contributed by atoms with van der Waals surface area (Å²) in [5.74, 6) is 1.55. The van der Waals surface area contributed by atoms with Gasteiger partial charge in [-0.3, -0.25) is 0 Å². The molecular weight excluding hydrogens is 297 g/mol. The van der Waals surface area contributed by atoms with E-state index in [9.17, 15) is 0 Å². The molecule has 0 aliphatic carbocycles. The van der Waals surface area contributed by atoms with Gasteiger partial charge in [0, 0.05) is 11.1 Å². The van der Waals surface area contributed by atoms with E-state index in [0.29, 0.717) is 11.6 Å². The summed E-state index contributed by atoms with van der Waals surface area (Å²) < 4.78 is 7.29. The molecule has 0 N–H and O–H groups in total. The van der Waals surface area contributed by atoms with Crippen LogP contribution in [0.1, 0.15) is 29.6 Å². The third-order valence-corrected chi connectivity index (χ3v) is 3.52. The summed E-state index contributed by atoms with van der Waals surface area (Å²) in [5.41, 5.74) is 2.66. The summed E-state index contributed by atoms with van der Waals surface area (Å²) >= 11 is 12.3. The Morgan fingerprint density at radius 2 is 2.15 bits per heavy atom. The molecule has 1 atom stereocenters. The highest BCUT2D eigenvalue weighted by Crippen LogP contribution is 2.27. The normalized spacial score (nSPS) is 13.0. The number of aromatic nitrogens is 3.